The topological polar surface area (TPSA) is 64.9 Å². The van der Waals surface area contributed by atoms with Crippen LogP contribution >= 0.6 is 22.9 Å². The summed E-state index contributed by atoms with van der Waals surface area (Å²) in [5, 5.41) is 6.38. The van der Waals surface area contributed by atoms with Gasteiger partial charge in [-0.25, -0.2) is 0 Å². The predicted octanol–water partition coefficient (Wildman–Crippen LogP) is 3.70. The number of benzene rings is 1. The zero-order valence-electron chi connectivity index (χ0n) is 9.13. The van der Waals surface area contributed by atoms with E-state index in [9.17, 15) is 0 Å². The number of nitrogen functional groups attached to an aromatic ring is 1. The van der Waals surface area contributed by atoms with Gasteiger partial charge >= 0.3 is 0 Å². The van der Waals surface area contributed by atoms with Crippen molar-refractivity contribution in [1.82, 2.24) is 10.1 Å². The monoisotopic (exact) mass is 277 g/mol. The Labute approximate surface area is 112 Å². The fraction of sp³-hybridized carbons (Fsp3) is 0. The van der Waals surface area contributed by atoms with E-state index in [1.807, 2.05) is 17.5 Å². The van der Waals surface area contributed by atoms with E-state index >= 15 is 0 Å². The Morgan fingerprint density at radius 1 is 1.28 bits per heavy atom. The average molecular weight is 278 g/mol. The maximum Gasteiger partial charge on any atom is 0.258 e. The molecule has 0 bridgehead atoms. The Balaban J connectivity index is 2.00. The van der Waals surface area contributed by atoms with Crippen molar-refractivity contribution in [3.05, 3.63) is 40.7 Å². The Morgan fingerprint density at radius 3 is 2.89 bits per heavy atom. The second-order valence-electron chi connectivity index (χ2n) is 3.64. The number of thiophene rings is 1. The molecule has 0 fully saturated rings. The Kier molecular flexibility index (Phi) is 2.77. The fourth-order valence-electron chi connectivity index (χ4n) is 1.51. The van der Waals surface area contributed by atoms with Crippen molar-refractivity contribution >= 4 is 28.6 Å². The van der Waals surface area contributed by atoms with Crippen molar-refractivity contribution in [3.8, 4) is 22.2 Å². The van der Waals surface area contributed by atoms with E-state index in [4.69, 9.17) is 21.9 Å². The van der Waals surface area contributed by atoms with Gasteiger partial charge in [-0.15, -0.1) is 11.3 Å². The molecule has 2 aromatic heterocycles. The highest BCUT2D eigenvalue weighted by Gasteiger charge is 2.12. The summed E-state index contributed by atoms with van der Waals surface area (Å²) in [6.07, 6.45) is 0. The number of rotatable bonds is 2. The summed E-state index contributed by atoms with van der Waals surface area (Å²) < 4.78 is 5.22. The highest BCUT2D eigenvalue weighted by molar-refractivity contribution is 7.13. The number of nitrogens with two attached hydrogens (primary N) is 1. The molecule has 0 spiro atoms. The lowest BCUT2D eigenvalue weighted by molar-refractivity contribution is 0.432. The largest absolute Gasteiger partial charge is 0.398 e. The minimum absolute atomic E-state index is 0.431. The molecule has 0 aliphatic carbocycles. The van der Waals surface area contributed by atoms with Crippen LogP contribution in [0.15, 0.2) is 40.2 Å². The van der Waals surface area contributed by atoms with Gasteiger partial charge in [0.15, 0.2) is 0 Å². The van der Waals surface area contributed by atoms with Crippen molar-refractivity contribution in [2.45, 2.75) is 0 Å². The third-order valence-corrected chi connectivity index (χ3v) is 3.61. The summed E-state index contributed by atoms with van der Waals surface area (Å²) >= 11 is 7.52. The number of hydrogen-bond acceptors (Lipinski definition) is 5. The minimum Gasteiger partial charge on any atom is -0.398 e. The molecule has 0 saturated heterocycles. The molecule has 0 aliphatic rings. The van der Waals surface area contributed by atoms with Crippen LogP contribution in [0.25, 0.3) is 22.2 Å². The molecular weight excluding hydrogens is 270 g/mol. The van der Waals surface area contributed by atoms with Crippen LogP contribution in [0.4, 0.5) is 5.69 Å². The molecule has 3 aromatic rings. The van der Waals surface area contributed by atoms with Crippen molar-refractivity contribution < 1.29 is 4.52 Å². The number of halogens is 1. The van der Waals surface area contributed by atoms with Crippen LogP contribution in [0.2, 0.25) is 5.02 Å². The van der Waals surface area contributed by atoms with Crippen molar-refractivity contribution in [2.24, 2.45) is 0 Å². The first-order valence-corrected chi connectivity index (χ1v) is 6.43. The normalized spacial score (nSPS) is 10.7. The van der Waals surface area contributed by atoms with Crippen molar-refractivity contribution in [2.75, 3.05) is 5.73 Å². The van der Waals surface area contributed by atoms with Crippen LogP contribution in [0, 0.1) is 0 Å². The molecule has 0 amide bonds. The first kappa shape index (κ1) is 11.3. The molecule has 0 saturated carbocycles. The zero-order chi connectivity index (χ0) is 12.5. The van der Waals surface area contributed by atoms with Gasteiger partial charge in [-0.3, -0.25) is 0 Å². The van der Waals surface area contributed by atoms with E-state index in [1.165, 1.54) is 0 Å². The molecule has 0 aliphatic heterocycles. The molecule has 90 valence electrons. The number of hydrogen-bond donors (Lipinski definition) is 1. The summed E-state index contributed by atoms with van der Waals surface area (Å²) in [6.45, 7) is 0. The second-order valence-corrected chi connectivity index (χ2v) is 4.99. The van der Waals surface area contributed by atoms with Gasteiger partial charge < -0.3 is 10.3 Å². The minimum atomic E-state index is 0.431. The second kappa shape index (κ2) is 4.44. The third-order valence-electron chi connectivity index (χ3n) is 2.41. The molecule has 0 unspecified atom stereocenters. The quantitative estimate of drug-likeness (QED) is 0.725. The lowest BCUT2D eigenvalue weighted by Gasteiger charge is -1.98. The maximum absolute atomic E-state index is 5.96. The first-order chi connectivity index (χ1) is 8.74. The van der Waals surface area contributed by atoms with Gasteiger partial charge in [0.05, 0.1) is 15.6 Å². The summed E-state index contributed by atoms with van der Waals surface area (Å²) in [5.74, 6) is 1.01. The van der Waals surface area contributed by atoms with Crippen LogP contribution in [0.5, 0.6) is 0 Å². The van der Waals surface area contributed by atoms with E-state index in [1.54, 1.807) is 29.5 Å². The van der Waals surface area contributed by atoms with E-state index < -0.39 is 0 Å². The number of aromatic nitrogens is 2. The van der Waals surface area contributed by atoms with Gasteiger partial charge in [0.2, 0.25) is 5.82 Å². The Hall–Kier alpha value is -1.85. The maximum atomic E-state index is 5.96. The van der Waals surface area contributed by atoms with E-state index in [2.05, 4.69) is 10.1 Å². The summed E-state index contributed by atoms with van der Waals surface area (Å²) in [6, 6.07) is 9.10. The summed E-state index contributed by atoms with van der Waals surface area (Å²) in [7, 11) is 0. The van der Waals surface area contributed by atoms with Gasteiger partial charge in [0.25, 0.3) is 5.89 Å². The smallest absolute Gasteiger partial charge is 0.258 e. The lowest BCUT2D eigenvalue weighted by atomic mass is 10.2. The van der Waals surface area contributed by atoms with E-state index in [-0.39, 0.29) is 0 Å². The molecule has 1 aromatic carbocycles. The van der Waals surface area contributed by atoms with Crippen LogP contribution in [-0.4, -0.2) is 10.1 Å². The molecule has 2 heterocycles. The van der Waals surface area contributed by atoms with Crippen LogP contribution < -0.4 is 5.73 Å². The first-order valence-electron chi connectivity index (χ1n) is 5.17. The third kappa shape index (κ3) is 1.98. The van der Waals surface area contributed by atoms with Crippen molar-refractivity contribution in [1.29, 1.82) is 0 Å². The van der Waals surface area contributed by atoms with Crippen LogP contribution in [0.1, 0.15) is 0 Å². The average Bonchev–Trinajstić information content (AvgIpc) is 3.01. The van der Waals surface area contributed by atoms with Crippen molar-refractivity contribution in [3.63, 3.8) is 0 Å². The summed E-state index contributed by atoms with van der Waals surface area (Å²) in [4.78, 5) is 5.29. The van der Waals surface area contributed by atoms with E-state index in [0.717, 1.165) is 10.4 Å². The van der Waals surface area contributed by atoms with Gasteiger partial charge in [-0.2, -0.15) is 4.98 Å². The molecule has 0 radical (unpaired) electrons. The molecule has 4 nitrogen and oxygen atoms in total. The fourth-order valence-corrected chi connectivity index (χ4v) is 2.34. The van der Waals surface area contributed by atoms with Crippen LogP contribution in [0.3, 0.4) is 0 Å². The van der Waals surface area contributed by atoms with Gasteiger partial charge in [0.1, 0.15) is 0 Å². The Morgan fingerprint density at radius 2 is 2.17 bits per heavy atom. The van der Waals surface area contributed by atoms with Gasteiger partial charge in [0, 0.05) is 5.56 Å². The lowest BCUT2D eigenvalue weighted by Crippen LogP contribution is -1.86. The predicted molar refractivity (Wildman–Crippen MR) is 72.5 cm³/mol. The highest BCUT2D eigenvalue weighted by Crippen LogP contribution is 2.28. The molecule has 0 atom stereocenters. The van der Waals surface area contributed by atoms with Gasteiger partial charge in [-0.05, 0) is 29.6 Å². The summed E-state index contributed by atoms with van der Waals surface area (Å²) in [5.41, 5.74) is 6.93. The molecule has 2 N–H and O–H groups in total. The van der Waals surface area contributed by atoms with Gasteiger partial charge in [-0.1, -0.05) is 22.8 Å². The molecule has 6 heteroatoms. The molecule has 3 rings (SSSR count). The van der Waals surface area contributed by atoms with Crippen LogP contribution in [-0.2, 0) is 0 Å². The number of nitrogens with zero attached hydrogens (tertiary/aromatic N) is 2. The molecular formula is C12H8ClN3OS. The number of anilines is 1. The molecule has 18 heavy (non-hydrogen) atoms. The Bertz CT molecular complexity index is 678. The SMILES string of the molecule is Nc1ccc(-c2nc(-c3cccs3)no2)cc1Cl. The standard InChI is InChI=1S/C12H8ClN3OS/c13-8-6-7(3-4-9(8)14)12-15-11(16-17-12)10-2-1-5-18-10/h1-6H,14H2. The zero-order valence-corrected chi connectivity index (χ0v) is 10.7. The highest BCUT2D eigenvalue weighted by atomic mass is 35.5. The van der Waals surface area contributed by atoms with E-state index in [0.29, 0.717) is 22.4 Å².